The van der Waals surface area contributed by atoms with Gasteiger partial charge in [-0.15, -0.1) is 0 Å². The highest BCUT2D eigenvalue weighted by molar-refractivity contribution is 6.08. The molecule has 11 rings (SSSR count). The molecule has 0 saturated carbocycles. The smallest absolute Gasteiger partial charge is 0.164 e. The Kier molecular flexibility index (Phi) is 9.14. The van der Waals surface area contributed by atoms with Gasteiger partial charge in [0.05, 0.1) is 0 Å². The summed E-state index contributed by atoms with van der Waals surface area (Å²) in [7, 11) is 0. The van der Waals surface area contributed by atoms with Gasteiger partial charge in [0.25, 0.3) is 0 Å². The Morgan fingerprint density at radius 1 is 0.246 bits per heavy atom. The minimum absolute atomic E-state index is 0.575. The molecular weight excluding hydrogens is 743 g/mol. The molecule has 0 spiro atoms. The quantitative estimate of drug-likeness (QED) is 0.154. The lowest BCUT2D eigenvalue weighted by Gasteiger charge is -2.24. The average Bonchev–Trinajstić information content (AvgIpc) is 3.73. The van der Waals surface area contributed by atoms with E-state index in [1.54, 1.807) is 0 Å². The molecule has 0 aliphatic carbocycles. The van der Waals surface area contributed by atoms with Crippen LogP contribution in [0.2, 0.25) is 0 Å². The first-order valence-corrected chi connectivity index (χ1v) is 20.5. The Bertz CT molecular complexity index is 3330. The number of nitrogens with zero attached hydrogens (tertiary/aromatic N) is 3. The molecule has 4 nitrogen and oxygen atoms in total. The summed E-state index contributed by atoms with van der Waals surface area (Å²) in [4.78, 5) is 15.4. The molecule has 2 aromatic heterocycles. The second kappa shape index (κ2) is 15.5. The lowest BCUT2D eigenvalue weighted by Crippen LogP contribution is -2.01. The van der Waals surface area contributed by atoms with Crippen molar-refractivity contribution in [2.75, 3.05) is 0 Å². The second-order valence-electron chi connectivity index (χ2n) is 15.1. The third-order valence-corrected chi connectivity index (χ3v) is 11.3. The zero-order chi connectivity index (χ0) is 40.5. The van der Waals surface area contributed by atoms with E-state index in [0.29, 0.717) is 17.5 Å². The number of fused-ring (bicyclic) bond motifs is 3. The number of hydrogen-bond donors (Lipinski definition) is 0. The number of furan rings is 1. The van der Waals surface area contributed by atoms with E-state index in [1.807, 2.05) is 54.6 Å². The van der Waals surface area contributed by atoms with Crippen molar-refractivity contribution in [3.8, 4) is 89.8 Å². The van der Waals surface area contributed by atoms with Gasteiger partial charge in [-0.05, 0) is 86.0 Å². The minimum atomic E-state index is 0.575. The van der Waals surface area contributed by atoms with Gasteiger partial charge in [0, 0.05) is 27.5 Å². The number of rotatable bonds is 8. The van der Waals surface area contributed by atoms with Crippen molar-refractivity contribution in [1.29, 1.82) is 0 Å². The first kappa shape index (κ1) is 35.9. The zero-order valence-electron chi connectivity index (χ0n) is 33.1. The predicted octanol–water partition coefficient (Wildman–Crippen LogP) is 15.1. The topological polar surface area (TPSA) is 51.8 Å². The normalized spacial score (nSPS) is 11.3. The Balaban J connectivity index is 1.16. The molecule has 0 N–H and O–H groups in total. The molecule has 4 heteroatoms. The SMILES string of the molecule is c1ccc(-c2nc(-c3cccc(-c4cc(-c5ccccc5)c(-c5ccccc5)c(-c5ccccc5)c4-c4ccccc4)c3)nc(-c3ccc4c(c3)oc3ccccc34)n2)cc1. The maximum atomic E-state index is 6.31. The molecule has 0 aliphatic heterocycles. The molecule has 0 atom stereocenters. The van der Waals surface area contributed by atoms with Crippen molar-refractivity contribution in [3.63, 3.8) is 0 Å². The van der Waals surface area contributed by atoms with Crippen LogP contribution in [0.5, 0.6) is 0 Å². The molecule has 0 amide bonds. The molecule has 9 aromatic carbocycles. The summed E-state index contributed by atoms with van der Waals surface area (Å²) in [5, 5.41) is 2.14. The molecule has 286 valence electrons. The van der Waals surface area contributed by atoms with E-state index in [-0.39, 0.29) is 0 Å². The van der Waals surface area contributed by atoms with Gasteiger partial charge in [0.2, 0.25) is 0 Å². The van der Waals surface area contributed by atoms with E-state index >= 15 is 0 Å². The van der Waals surface area contributed by atoms with E-state index in [0.717, 1.165) is 83.1 Å². The Morgan fingerprint density at radius 2 is 0.656 bits per heavy atom. The predicted molar refractivity (Wildman–Crippen MR) is 251 cm³/mol. The van der Waals surface area contributed by atoms with Crippen molar-refractivity contribution in [3.05, 3.63) is 224 Å². The van der Waals surface area contributed by atoms with Crippen LogP contribution in [-0.4, -0.2) is 15.0 Å². The highest BCUT2D eigenvalue weighted by Crippen LogP contribution is 2.50. The number of aromatic nitrogens is 3. The van der Waals surface area contributed by atoms with Gasteiger partial charge in [-0.3, -0.25) is 0 Å². The van der Waals surface area contributed by atoms with Crippen LogP contribution in [0.15, 0.2) is 229 Å². The number of benzene rings is 9. The standard InChI is InChI=1S/C57H37N3O/c1-6-19-38(20-7-1)48-37-49(53(40-23-10-3-11-24-40)54(41-25-12-4-13-26-41)52(48)39-21-8-2-9-22-39)43-29-18-30-44(35-43)56-58-55(42-27-14-5-15-28-42)59-57(60-56)45-33-34-47-46-31-16-17-32-50(46)61-51(47)36-45/h1-37H. The first-order chi connectivity index (χ1) is 30.2. The highest BCUT2D eigenvalue weighted by atomic mass is 16.3. The van der Waals surface area contributed by atoms with Crippen LogP contribution >= 0.6 is 0 Å². The summed E-state index contributed by atoms with van der Waals surface area (Å²) in [6.45, 7) is 0. The summed E-state index contributed by atoms with van der Waals surface area (Å²) >= 11 is 0. The maximum Gasteiger partial charge on any atom is 0.164 e. The van der Waals surface area contributed by atoms with Crippen molar-refractivity contribution >= 4 is 21.9 Å². The van der Waals surface area contributed by atoms with Crippen LogP contribution in [-0.2, 0) is 0 Å². The molecule has 0 aliphatic rings. The molecule has 0 bridgehead atoms. The van der Waals surface area contributed by atoms with Gasteiger partial charge in [-0.2, -0.15) is 0 Å². The van der Waals surface area contributed by atoms with Crippen LogP contribution < -0.4 is 0 Å². The summed E-state index contributed by atoms with van der Waals surface area (Å²) in [6.07, 6.45) is 0. The molecule has 0 radical (unpaired) electrons. The van der Waals surface area contributed by atoms with Gasteiger partial charge in [-0.25, -0.2) is 15.0 Å². The van der Waals surface area contributed by atoms with E-state index in [1.165, 1.54) is 11.1 Å². The third kappa shape index (κ3) is 6.76. The van der Waals surface area contributed by atoms with Gasteiger partial charge < -0.3 is 4.42 Å². The lowest BCUT2D eigenvalue weighted by atomic mass is 9.79. The van der Waals surface area contributed by atoms with Crippen LogP contribution in [0.25, 0.3) is 112 Å². The van der Waals surface area contributed by atoms with E-state index in [2.05, 4.69) is 170 Å². The van der Waals surface area contributed by atoms with Crippen LogP contribution in [0.4, 0.5) is 0 Å². The summed E-state index contributed by atoms with van der Waals surface area (Å²) in [5.74, 6) is 1.77. The number of hydrogen-bond acceptors (Lipinski definition) is 4. The van der Waals surface area contributed by atoms with E-state index in [4.69, 9.17) is 19.4 Å². The molecule has 61 heavy (non-hydrogen) atoms. The Morgan fingerprint density at radius 3 is 1.25 bits per heavy atom. The van der Waals surface area contributed by atoms with Crippen LogP contribution in [0, 0.1) is 0 Å². The third-order valence-electron chi connectivity index (χ3n) is 11.3. The van der Waals surface area contributed by atoms with E-state index < -0.39 is 0 Å². The molecule has 0 unspecified atom stereocenters. The Hall–Kier alpha value is -8.21. The largest absolute Gasteiger partial charge is 0.456 e. The van der Waals surface area contributed by atoms with Crippen molar-refractivity contribution in [2.45, 2.75) is 0 Å². The summed E-state index contributed by atoms with van der Waals surface area (Å²) in [6, 6.07) is 78.5. The lowest BCUT2D eigenvalue weighted by molar-refractivity contribution is 0.669. The first-order valence-electron chi connectivity index (χ1n) is 20.5. The summed E-state index contributed by atoms with van der Waals surface area (Å²) in [5.41, 5.74) is 15.7. The second-order valence-corrected chi connectivity index (χ2v) is 15.1. The van der Waals surface area contributed by atoms with Crippen molar-refractivity contribution < 1.29 is 4.42 Å². The zero-order valence-corrected chi connectivity index (χ0v) is 33.1. The number of para-hydroxylation sites is 1. The average molecular weight is 780 g/mol. The monoisotopic (exact) mass is 779 g/mol. The highest BCUT2D eigenvalue weighted by Gasteiger charge is 2.24. The molecule has 2 heterocycles. The van der Waals surface area contributed by atoms with Gasteiger partial charge in [0.1, 0.15) is 11.2 Å². The summed E-state index contributed by atoms with van der Waals surface area (Å²) < 4.78 is 6.31. The van der Waals surface area contributed by atoms with Crippen molar-refractivity contribution in [2.24, 2.45) is 0 Å². The van der Waals surface area contributed by atoms with Gasteiger partial charge in [-0.1, -0.05) is 194 Å². The van der Waals surface area contributed by atoms with Gasteiger partial charge in [0.15, 0.2) is 17.5 Å². The van der Waals surface area contributed by atoms with Gasteiger partial charge >= 0.3 is 0 Å². The minimum Gasteiger partial charge on any atom is -0.456 e. The molecule has 0 fully saturated rings. The fraction of sp³-hybridized carbons (Fsp3) is 0. The van der Waals surface area contributed by atoms with Crippen LogP contribution in [0.1, 0.15) is 0 Å². The maximum absolute atomic E-state index is 6.31. The van der Waals surface area contributed by atoms with Crippen molar-refractivity contribution in [1.82, 2.24) is 15.0 Å². The fourth-order valence-corrected chi connectivity index (χ4v) is 8.50. The van der Waals surface area contributed by atoms with E-state index in [9.17, 15) is 0 Å². The van der Waals surface area contributed by atoms with Crippen LogP contribution in [0.3, 0.4) is 0 Å². The molecular formula is C57H37N3O. The molecule has 11 aromatic rings. The fourth-order valence-electron chi connectivity index (χ4n) is 8.50. The molecule has 0 saturated heterocycles. The Labute approximate surface area is 354 Å².